The van der Waals surface area contributed by atoms with E-state index in [0.717, 1.165) is 19.3 Å². The molecule has 17 heavy (non-hydrogen) atoms. The number of carbonyl (C=O) groups is 1. The van der Waals surface area contributed by atoms with E-state index in [4.69, 9.17) is 10.5 Å². The Morgan fingerprint density at radius 2 is 2.00 bits per heavy atom. The van der Waals surface area contributed by atoms with Crippen molar-refractivity contribution in [1.29, 1.82) is 0 Å². The number of nitrogens with two attached hydrogens (primary N) is 1. The van der Waals surface area contributed by atoms with E-state index in [-0.39, 0.29) is 5.97 Å². The van der Waals surface area contributed by atoms with Gasteiger partial charge in [0.1, 0.15) is 0 Å². The molecular weight excluding hydrogens is 214 g/mol. The predicted octanol–water partition coefficient (Wildman–Crippen LogP) is 3.12. The van der Waals surface area contributed by atoms with Crippen molar-refractivity contribution < 1.29 is 9.53 Å². The maximum Gasteiger partial charge on any atom is 0.313 e. The highest BCUT2D eigenvalue weighted by Crippen LogP contribution is 2.22. The van der Waals surface area contributed by atoms with E-state index < -0.39 is 5.41 Å². The van der Waals surface area contributed by atoms with Gasteiger partial charge in [-0.1, -0.05) is 40.0 Å². The predicted molar refractivity (Wildman–Crippen MR) is 71.7 cm³/mol. The summed E-state index contributed by atoms with van der Waals surface area (Å²) in [6.45, 7) is 9.08. The molecule has 0 aromatic heterocycles. The Morgan fingerprint density at radius 1 is 1.35 bits per heavy atom. The highest BCUT2D eigenvalue weighted by Gasteiger charge is 2.31. The van der Waals surface area contributed by atoms with Crippen LogP contribution in [0.25, 0.3) is 0 Å². The molecule has 0 fully saturated rings. The lowest BCUT2D eigenvalue weighted by atomic mass is 9.88. The van der Waals surface area contributed by atoms with E-state index >= 15 is 0 Å². The van der Waals surface area contributed by atoms with Gasteiger partial charge in [-0.05, 0) is 25.7 Å². The first-order valence-corrected chi connectivity index (χ1v) is 6.91. The lowest BCUT2D eigenvalue weighted by Gasteiger charge is -2.25. The highest BCUT2D eigenvalue weighted by molar-refractivity contribution is 5.76. The maximum atomic E-state index is 11.9. The molecule has 0 aromatic rings. The lowest BCUT2D eigenvalue weighted by Crippen LogP contribution is -2.37. The molecule has 3 nitrogen and oxygen atoms in total. The fourth-order valence-corrected chi connectivity index (χ4v) is 1.64. The van der Waals surface area contributed by atoms with E-state index in [1.165, 1.54) is 12.8 Å². The Kier molecular flexibility index (Phi) is 8.23. The second-order valence-electron chi connectivity index (χ2n) is 5.13. The van der Waals surface area contributed by atoms with Crippen molar-refractivity contribution >= 4 is 5.97 Å². The molecule has 0 aliphatic rings. The van der Waals surface area contributed by atoms with Gasteiger partial charge in [0, 0.05) is 6.54 Å². The van der Waals surface area contributed by atoms with Gasteiger partial charge in [0.25, 0.3) is 0 Å². The Bertz CT molecular complexity index is 212. The molecule has 0 saturated heterocycles. The molecule has 0 aliphatic carbocycles. The lowest BCUT2D eigenvalue weighted by molar-refractivity contribution is -0.156. The average Bonchev–Trinajstić information content (AvgIpc) is 2.37. The Morgan fingerprint density at radius 3 is 2.41 bits per heavy atom. The van der Waals surface area contributed by atoms with Gasteiger partial charge in [-0.15, -0.1) is 0 Å². The van der Waals surface area contributed by atoms with Crippen LogP contribution in [0.4, 0.5) is 0 Å². The highest BCUT2D eigenvalue weighted by atomic mass is 16.5. The van der Waals surface area contributed by atoms with Crippen molar-refractivity contribution in [3.63, 3.8) is 0 Å². The van der Waals surface area contributed by atoms with Crippen LogP contribution in [0.1, 0.15) is 59.8 Å². The van der Waals surface area contributed by atoms with Crippen LogP contribution in [0.5, 0.6) is 0 Å². The van der Waals surface area contributed by atoms with Crippen LogP contribution < -0.4 is 5.73 Å². The Labute approximate surface area is 106 Å². The first-order chi connectivity index (χ1) is 8.03. The second kappa shape index (κ2) is 8.51. The summed E-state index contributed by atoms with van der Waals surface area (Å²) in [6.07, 6.45) is 5.34. The van der Waals surface area contributed by atoms with Crippen molar-refractivity contribution in [1.82, 2.24) is 0 Å². The quantitative estimate of drug-likeness (QED) is 0.633. The van der Waals surface area contributed by atoms with Crippen LogP contribution in [0.15, 0.2) is 0 Å². The summed E-state index contributed by atoms with van der Waals surface area (Å²) in [4.78, 5) is 11.9. The molecule has 0 radical (unpaired) electrons. The van der Waals surface area contributed by atoms with Crippen LogP contribution in [0.2, 0.25) is 0 Å². The van der Waals surface area contributed by atoms with E-state index in [2.05, 4.69) is 13.8 Å². The van der Waals surface area contributed by atoms with E-state index in [9.17, 15) is 4.79 Å². The van der Waals surface area contributed by atoms with Gasteiger partial charge in [-0.3, -0.25) is 4.79 Å². The molecular formula is C14H29NO2. The molecule has 3 heteroatoms. The minimum Gasteiger partial charge on any atom is -0.465 e. The number of rotatable bonds is 9. The molecule has 2 unspecified atom stereocenters. The molecule has 0 heterocycles. The molecule has 0 amide bonds. The molecule has 0 aliphatic heterocycles. The molecule has 0 aromatic carbocycles. The summed E-state index contributed by atoms with van der Waals surface area (Å²) in [6, 6.07) is 0. The summed E-state index contributed by atoms with van der Waals surface area (Å²) < 4.78 is 5.42. The summed E-state index contributed by atoms with van der Waals surface area (Å²) in [7, 11) is 0. The fourth-order valence-electron chi connectivity index (χ4n) is 1.64. The number of hydrogen-bond acceptors (Lipinski definition) is 3. The molecule has 0 rings (SSSR count). The van der Waals surface area contributed by atoms with Crippen molar-refractivity contribution in [2.45, 2.75) is 59.8 Å². The first-order valence-electron chi connectivity index (χ1n) is 6.91. The topological polar surface area (TPSA) is 52.3 Å². The van der Waals surface area contributed by atoms with Crippen molar-refractivity contribution in [2.24, 2.45) is 17.1 Å². The van der Waals surface area contributed by atoms with Crippen LogP contribution in [0.3, 0.4) is 0 Å². The summed E-state index contributed by atoms with van der Waals surface area (Å²) >= 11 is 0. The van der Waals surface area contributed by atoms with Crippen molar-refractivity contribution in [3.05, 3.63) is 0 Å². The van der Waals surface area contributed by atoms with Gasteiger partial charge in [-0.2, -0.15) is 0 Å². The third kappa shape index (κ3) is 5.53. The monoisotopic (exact) mass is 243 g/mol. The third-order valence-electron chi connectivity index (χ3n) is 3.72. The molecule has 102 valence electrons. The van der Waals surface area contributed by atoms with E-state index in [0.29, 0.717) is 19.1 Å². The zero-order chi connectivity index (χ0) is 13.3. The Hall–Kier alpha value is -0.570. The van der Waals surface area contributed by atoms with Crippen molar-refractivity contribution in [3.8, 4) is 0 Å². The van der Waals surface area contributed by atoms with Gasteiger partial charge in [-0.25, -0.2) is 0 Å². The van der Waals surface area contributed by atoms with Crippen molar-refractivity contribution in [2.75, 3.05) is 13.2 Å². The number of carbonyl (C=O) groups excluding carboxylic acids is 1. The summed E-state index contributed by atoms with van der Waals surface area (Å²) in [5.74, 6) is 0.357. The van der Waals surface area contributed by atoms with Gasteiger partial charge >= 0.3 is 5.97 Å². The zero-order valence-electron chi connectivity index (χ0n) is 11.9. The number of esters is 1. The third-order valence-corrected chi connectivity index (χ3v) is 3.72. The minimum atomic E-state index is -0.511. The number of ether oxygens (including phenoxy) is 1. The number of hydrogen-bond donors (Lipinski definition) is 1. The van der Waals surface area contributed by atoms with Gasteiger partial charge in [0.05, 0.1) is 12.0 Å². The maximum absolute atomic E-state index is 11.9. The molecule has 2 N–H and O–H groups in total. The van der Waals surface area contributed by atoms with Crippen LogP contribution in [-0.4, -0.2) is 19.1 Å². The normalized spacial score (nSPS) is 16.3. The van der Waals surface area contributed by atoms with Crippen LogP contribution in [0, 0.1) is 11.3 Å². The number of unbranched alkanes of at least 4 members (excludes halogenated alkanes) is 1. The average molecular weight is 243 g/mol. The Balaban J connectivity index is 4.11. The van der Waals surface area contributed by atoms with Gasteiger partial charge in [0.2, 0.25) is 0 Å². The first kappa shape index (κ1) is 16.4. The SMILES string of the molecule is CCCCC(CC)COC(=O)C(C)(CC)CN. The minimum absolute atomic E-state index is 0.141. The second-order valence-corrected chi connectivity index (χ2v) is 5.13. The smallest absolute Gasteiger partial charge is 0.313 e. The zero-order valence-corrected chi connectivity index (χ0v) is 11.9. The largest absolute Gasteiger partial charge is 0.465 e. The van der Waals surface area contributed by atoms with Gasteiger partial charge in [0.15, 0.2) is 0 Å². The molecule has 0 spiro atoms. The van der Waals surface area contributed by atoms with E-state index in [1.54, 1.807) is 0 Å². The van der Waals surface area contributed by atoms with Crippen LogP contribution in [-0.2, 0) is 9.53 Å². The van der Waals surface area contributed by atoms with E-state index in [1.807, 2.05) is 13.8 Å². The summed E-state index contributed by atoms with van der Waals surface area (Å²) in [5.41, 5.74) is 5.13. The standard InChI is InChI=1S/C14H29NO2/c1-5-8-9-12(6-2)10-17-13(16)14(4,7-3)11-15/h12H,5-11,15H2,1-4H3. The molecule has 0 bridgehead atoms. The molecule has 2 atom stereocenters. The van der Waals surface area contributed by atoms with Gasteiger partial charge < -0.3 is 10.5 Å². The molecule has 0 saturated carbocycles. The fraction of sp³-hybridized carbons (Fsp3) is 0.929. The summed E-state index contributed by atoms with van der Waals surface area (Å²) in [5, 5.41) is 0. The van der Waals surface area contributed by atoms with Crippen LogP contribution >= 0.6 is 0 Å².